The number of piperidine rings is 2. The minimum atomic E-state index is -0.934. The maximum Gasteiger partial charge on any atom is 0.405 e. The third-order valence-electron chi connectivity index (χ3n) is 16.4. The van der Waals surface area contributed by atoms with E-state index in [-0.39, 0.29) is 58.6 Å². The van der Waals surface area contributed by atoms with Crippen molar-refractivity contribution in [2.24, 2.45) is 35.1 Å². The van der Waals surface area contributed by atoms with Crippen LogP contribution in [0.5, 0.6) is 0 Å². The number of hydrogen-bond acceptors (Lipinski definition) is 10. The minimum absolute atomic E-state index is 0.0624. The molecule has 7 fully saturated rings. The number of imidazole rings is 2. The molecule has 10 atom stereocenters. The van der Waals surface area contributed by atoms with E-state index in [0.717, 1.165) is 66.3 Å². The van der Waals surface area contributed by atoms with Gasteiger partial charge in [-0.25, -0.2) is 19.6 Å². The summed E-state index contributed by atoms with van der Waals surface area (Å²) in [7, 11) is 0. The molecule has 342 valence electrons. The molecule has 0 radical (unpaired) electrons. The molecule has 65 heavy (non-hydrogen) atoms. The summed E-state index contributed by atoms with van der Waals surface area (Å²) in [4.78, 5) is 72.5. The van der Waals surface area contributed by atoms with Gasteiger partial charge in [-0.15, -0.1) is 0 Å². The van der Waals surface area contributed by atoms with Crippen molar-refractivity contribution in [2.75, 3.05) is 26.4 Å². The van der Waals surface area contributed by atoms with Crippen molar-refractivity contribution < 1.29 is 38.1 Å². The van der Waals surface area contributed by atoms with E-state index in [0.29, 0.717) is 63.9 Å². The van der Waals surface area contributed by atoms with Gasteiger partial charge < -0.3 is 50.2 Å². The Hall–Kier alpha value is -5.74. The molecule has 11 rings (SSSR count). The van der Waals surface area contributed by atoms with E-state index in [1.54, 1.807) is 0 Å². The van der Waals surface area contributed by atoms with Crippen molar-refractivity contribution in [2.45, 2.75) is 119 Å². The van der Waals surface area contributed by atoms with Gasteiger partial charge in [0.15, 0.2) is 12.2 Å². The Kier molecular flexibility index (Phi) is 10.3. The molecule has 4 aliphatic heterocycles. The summed E-state index contributed by atoms with van der Waals surface area (Å²) in [5.74, 6) is 1.67. The molecule has 0 spiro atoms. The highest BCUT2D eigenvalue weighted by Crippen LogP contribution is 2.65. The number of rotatable bonds is 12. The van der Waals surface area contributed by atoms with E-state index < -0.39 is 24.4 Å². The molecule has 4 amide bonds. The second-order valence-electron chi connectivity index (χ2n) is 20.1. The van der Waals surface area contributed by atoms with Crippen LogP contribution >= 0.6 is 0 Å². The third kappa shape index (κ3) is 7.46. The fourth-order valence-electron chi connectivity index (χ4n) is 12.2. The molecule has 16 nitrogen and oxygen atoms in total. The van der Waals surface area contributed by atoms with E-state index in [2.05, 4.69) is 72.3 Å². The number of aromatic amines is 2. The van der Waals surface area contributed by atoms with Crippen molar-refractivity contribution >= 4 is 24.0 Å². The minimum Gasteiger partial charge on any atom is -0.436 e. The second-order valence-corrected chi connectivity index (χ2v) is 20.1. The van der Waals surface area contributed by atoms with Gasteiger partial charge in [0.1, 0.15) is 11.6 Å². The van der Waals surface area contributed by atoms with Gasteiger partial charge in [0.2, 0.25) is 0 Å². The monoisotopic (exact) mass is 886 g/mol. The van der Waals surface area contributed by atoms with Gasteiger partial charge in [-0.3, -0.25) is 9.59 Å². The Morgan fingerprint density at radius 2 is 1.02 bits per heavy atom. The van der Waals surface area contributed by atoms with Gasteiger partial charge in [-0.1, -0.05) is 62.4 Å². The van der Waals surface area contributed by atoms with Gasteiger partial charge in [0, 0.05) is 61.2 Å². The molecule has 2 aromatic heterocycles. The van der Waals surface area contributed by atoms with Gasteiger partial charge in [0.25, 0.3) is 11.8 Å². The topological polar surface area (TPSA) is 221 Å². The van der Waals surface area contributed by atoms with E-state index in [1.807, 2.05) is 22.2 Å². The fourth-order valence-corrected chi connectivity index (χ4v) is 12.2. The summed E-state index contributed by atoms with van der Waals surface area (Å²) in [5.41, 5.74) is 17.1. The Balaban J connectivity index is 0.753. The van der Waals surface area contributed by atoms with Crippen LogP contribution in [-0.4, -0.2) is 104 Å². The fraction of sp³-hybridized carbons (Fsp3) is 0.551. The normalized spacial score (nSPS) is 31.4. The van der Waals surface area contributed by atoms with Crippen LogP contribution in [0.15, 0.2) is 60.9 Å². The first-order valence-corrected chi connectivity index (χ1v) is 23.4. The van der Waals surface area contributed by atoms with E-state index in [4.69, 9.17) is 40.4 Å². The second kappa shape index (κ2) is 16.0. The summed E-state index contributed by atoms with van der Waals surface area (Å²) >= 11 is 0. The van der Waals surface area contributed by atoms with Crippen LogP contribution in [0, 0.1) is 23.7 Å². The zero-order valence-electron chi connectivity index (χ0n) is 36.9. The molecule has 0 bridgehead atoms. The predicted molar refractivity (Wildman–Crippen MR) is 236 cm³/mol. The quantitative estimate of drug-likeness (QED) is 0.126. The lowest BCUT2D eigenvalue weighted by Crippen LogP contribution is -2.48. The molecule has 3 saturated carbocycles. The number of H-pyrrole nitrogens is 2. The zero-order chi connectivity index (χ0) is 44.8. The number of nitrogens with two attached hydrogens (primary N) is 2. The number of carbonyl (C=O) groups is 4. The van der Waals surface area contributed by atoms with Crippen LogP contribution in [0.1, 0.15) is 106 Å². The van der Waals surface area contributed by atoms with Crippen LogP contribution in [0.4, 0.5) is 9.59 Å². The summed E-state index contributed by atoms with van der Waals surface area (Å²) < 4.78 is 22.0. The first-order chi connectivity index (χ1) is 31.4. The summed E-state index contributed by atoms with van der Waals surface area (Å²) in [6, 6.07) is 17.2. The van der Waals surface area contributed by atoms with Crippen LogP contribution in [0.2, 0.25) is 0 Å². The number of likely N-dealkylation sites (tertiary alicyclic amines) is 2. The van der Waals surface area contributed by atoms with Gasteiger partial charge >= 0.3 is 12.2 Å². The molecule has 4 aromatic rings. The Morgan fingerprint density at radius 1 is 0.631 bits per heavy atom. The first-order valence-electron chi connectivity index (χ1n) is 23.4. The molecule has 6 N–H and O–H groups in total. The summed E-state index contributed by atoms with van der Waals surface area (Å²) in [6.45, 7) is 6.77. The summed E-state index contributed by atoms with van der Waals surface area (Å²) in [5, 5.41) is 0. The van der Waals surface area contributed by atoms with Gasteiger partial charge in [-0.05, 0) is 91.9 Å². The number of carbonyl (C=O) groups excluding carboxylic acids is 4. The van der Waals surface area contributed by atoms with E-state index in [9.17, 15) is 19.2 Å². The molecular formula is C49H58N8O8. The highest BCUT2D eigenvalue weighted by atomic mass is 16.6. The maximum absolute atomic E-state index is 14.1. The number of ether oxygens (including phenoxy) is 4. The van der Waals surface area contributed by atoms with E-state index in [1.165, 1.54) is 11.1 Å². The number of aromatic nitrogens is 4. The molecule has 4 unspecified atom stereocenters. The molecule has 2 aromatic carbocycles. The van der Waals surface area contributed by atoms with Crippen LogP contribution < -0.4 is 11.5 Å². The number of primary amides is 2. The SMILES string of the molecule is CC1(c2ccc(-c3cnc([C@@H]4C[C@H]5CC5N4C(=O)[C@@H](OC(N)=O)C4CCOCC4)[nH]3)cc2)CC1(C)c1ccc(-c2cnc([C@@H]3C[C@H]4CC4N3C(=O)[C@H](OC(N)=O)C3CCOCC3)[nH]2)cc1. The lowest BCUT2D eigenvalue weighted by atomic mass is 9.83. The third-order valence-corrected chi connectivity index (χ3v) is 16.4. The predicted octanol–water partition coefficient (Wildman–Crippen LogP) is 6.19. The van der Waals surface area contributed by atoms with Gasteiger partial charge in [-0.2, -0.15) is 0 Å². The van der Waals surface area contributed by atoms with Crippen molar-refractivity contribution in [1.29, 1.82) is 0 Å². The number of benzene rings is 2. The van der Waals surface area contributed by atoms with Crippen molar-refractivity contribution in [3.8, 4) is 22.5 Å². The Bertz CT molecular complexity index is 2310. The average Bonchev–Trinajstić information content (AvgIpc) is 4.12. The van der Waals surface area contributed by atoms with Crippen LogP contribution in [-0.2, 0) is 39.4 Å². The van der Waals surface area contributed by atoms with Crippen molar-refractivity contribution in [3.05, 3.63) is 83.7 Å². The van der Waals surface area contributed by atoms with Crippen molar-refractivity contribution in [3.63, 3.8) is 0 Å². The van der Waals surface area contributed by atoms with Gasteiger partial charge in [0.05, 0.1) is 35.9 Å². The average molecular weight is 887 g/mol. The molecule has 16 heteroatoms. The van der Waals surface area contributed by atoms with E-state index >= 15 is 0 Å². The number of fused-ring (bicyclic) bond motifs is 2. The highest BCUT2D eigenvalue weighted by molar-refractivity contribution is 5.86. The molecule has 3 aliphatic carbocycles. The van der Waals surface area contributed by atoms with Crippen LogP contribution in [0.3, 0.4) is 0 Å². The standard InChI is InChI=1S/C49H58N8O8/c1-48(32-7-3-26(4-8-32)34-23-52-42(54-34)38-21-30-19-36(30)56(38)44(58)40(64-46(50)60)28-11-15-62-16-12-28)25-49(48,2)33-9-5-27(6-10-33)35-24-53-43(55-35)39-22-31-20-37(31)57(39)45(59)41(65-47(51)61)29-13-17-63-18-14-29/h3-10,23-24,28-31,36-41H,11-22,25H2,1-2H3,(H2,50,60)(H2,51,61)(H,52,54)(H,53,55)/t30-,31-,36?,37?,38+,39+,40-,41+,48?,49?/m1/s1. The lowest BCUT2D eigenvalue weighted by Gasteiger charge is -2.34. The number of hydrogen-bond donors (Lipinski definition) is 4. The number of nitrogens with zero attached hydrogens (tertiary/aromatic N) is 4. The smallest absolute Gasteiger partial charge is 0.405 e. The molecule has 4 saturated heterocycles. The Morgan fingerprint density at radius 3 is 1.38 bits per heavy atom. The molecular weight excluding hydrogens is 829 g/mol. The number of amides is 4. The number of nitrogens with one attached hydrogen (secondary N) is 2. The first kappa shape index (κ1) is 41.9. The van der Waals surface area contributed by atoms with Crippen LogP contribution in [0.25, 0.3) is 22.5 Å². The largest absolute Gasteiger partial charge is 0.436 e. The molecule has 7 aliphatic rings. The highest BCUT2D eigenvalue weighted by Gasteiger charge is 2.63. The Labute approximate surface area is 377 Å². The van der Waals surface area contributed by atoms with Crippen molar-refractivity contribution in [1.82, 2.24) is 29.7 Å². The summed E-state index contributed by atoms with van der Waals surface area (Å²) in [6.07, 6.45) is 7.06. The molecule has 6 heterocycles. The zero-order valence-corrected chi connectivity index (χ0v) is 36.9. The lowest BCUT2D eigenvalue weighted by molar-refractivity contribution is -0.148. The maximum atomic E-state index is 14.1.